The van der Waals surface area contributed by atoms with Crippen molar-refractivity contribution in [3.8, 4) is 5.75 Å². The van der Waals surface area contributed by atoms with E-state index in [1.54, 1.807) is 24.7 Å². The third kappa shape index (κ3) is 5.81. The van der Waals surface area contributed by atoms with Gasteiger partial charge in [0.1, 0.15) is 11.7 Å². The van der Waals surface area contributed by atoms with Crippen LogP contribution in [0.25, 0.3) is 0 Å². The summed E-state index contributed by atoms with van der Waals surface area (Å²) in [6.45, 7) is 0.276. The highest BCUT2D eigenvalue weighted by atomic mass is 32.2. The Morgan fingerprint density at radius 1 is 1.11 bits per heavy atom. The van der Waals surface area contributed by atoms with Gasteiger partial charge in [-0.05, 0) is 40.8 Å². The molecular formula is C24H24N4O6S. The molecule has 2 aliphatic rings. The Labute approximate surface area is 205 Å². The molecule has 4 rings (SSSR count). The number of methoxy groups -OCH3 is 1. The molecule has 1 fully saturated rings. The SMILES string of the molecule is COc1cccc(CNC(=O)C2NC(=O)C3C(NC(=O)Cc4ccc(C(=O)O)cc4)=CSC3N2)c1. The molecule has 3 unspecified atom stereocenters. The van der Waals surface area contributed by atoms with Gasteiger partial charge in [-0.1, -0.05) is 24.3 Å². The van der Waals surface area contributed by atoms with Gasteiger partial charge in [0.25, 0.3) is 5.91 Å². The van der Waals surface area contributed by atoms with E-state index in [2.05, 4.69) is 21.3 Å². The minimum Gasteiger partial charge on any atom is -0.497 e. The number of amides is 3. The molecule has 1 saturated heterocycles. The molecule has 0 bridgehead atoms. The molecule has 182 valence electrons. The van der Waals surface area contributed by atoms with E-state index < -0.39 is 23.4 Å². The number of ether oxygens (including phenoxy) is 1. The zero-order valence-electron chi connectivity index (χ0n) is 18.7. The van der Waals surface area contributed by atoms with Crippen LogP contribution in [0.15, 0.2) is 59.6 Å². The molecule has 0 saturated carbocycles. The molecule has 0 spiro atoms. The summed E-state index contributed by atoms with van der Waals surface area (Å²) < 4.78 is 5.18. The Kier molecular flexibility index (Phi) is 7.37. The molecule has 35 heavy (non-hydrogen) atoms. The van der Waals surface area contributed by atoms with Gasteiger partial charge in [0.05, 0.1) is 24.5 Å². The Hall–Kier alpha value is -3.83. The van der Waals surface area contributed by atoms with Gasteiger partial charge in [0.15, 0.2) is 6.17 Å². The van der Waals surface area contributed by atoms with Gasteiger partial charge in [-0.15, -0.1) is 11.8 Å². The van der Waals surface area contributed by atoms with Gasteiger partial charge < -0.3 is 25.8 Å². The first kappa shape index (κ1) is 24.3. The van der Waals surface area contributed by atoms with Crippen molar-refractivity contribution in [1.82, 2.24) is 21.3 Å². The predicted octanol–water partition coefficient (Wildman–Crippen LogP) is 0.945. The fraction of sp³-hybridized carbons (Fsp3) is 0.250. The molecular weight excluding hydrogens is 472 g/mol. The third-order valence-electron chi connectivity index (χ3n) is 5.59. The van der Waals surface area contributed by atoms with E-state index in [1.165, 1.54) is 23.9 Å². The summed E-state index contributed by atoms with van der Waals surface area (Å²) in [5.74, 6) is -2.07. The first-order valence-electron chi connectivity index (χ1n) is 10.8. The van der Waals surface area contributed by atoms with Crippen LogP contribution in [-0.2, 0) is 27.3 Å². The van der Waals surface area contributed by atoms with Crippen LogP contribution < -0.4 is 26.0 Å². The Bertz CT molecular complexity index is 1180. The van der Waals surface area contributed by atoms with Gasteiger partial charge in [-0.3, -0.25) is 19.7 Å². The summed E-state index contributed by atoms with van der Waals surface area (Å²) in [5.41, 5.74) is 2.10. The summed E-state index contributed by atoms with van der Waals surface area (Å²) in [4.78, 5) is 48.9. The van der Waals surface area contributed by atoms with Gasteiger partial charge in [-0.25, -0.2) is 4.79 Å². The maximum absolute atomic E-state index is 12.8. The number of fused-ring (bicyclic) bond motifs is 1. The first-order chi connectivity index (χ1) is 16.8. The van der Waals surface area contributed by atoms with Crippen LogP contribution in [0.4, 0.5) is 0 Å². The number of nitrogens with one attached hydrogen (secondary N) is 4. The number of benzene rings is 2. The largest absolute Gasteiger partial charge is 0.497 e. The molecule has 0 radical (unpaired) electrons. The summed E-state index contributed by atoms with van der Waals surface area (Å²) >= 11 is 1.32. The van der Waals surface area contributed by atoms with Gasteiger partial charge in [-0.2, -0.15) is 0 Å². The monoisotopic (exact) mass is 496 g/mol. The predicted molar refractivity (Wildman–Crippen MR) is 128 cm³/mol. The van der Waals surface area contributed by atoms with Crippen LogP contribution in [0.1, 0.15) is 21.5 Å². The van der Waals surface area contributed by atoms with E-state index in [4.69, 9.17) is 9.84 Å². The lowest BCUT2D eigenvalue weighted by atomic mass is 10.0. The lowest BCUT2D eigenvalue weighted by molar-refractivity contribution is -0.134. The molecule has 0 aromatic heterocycles. The quantitative estimate of drug-likeness (QED) is 0.363. The van der Waals surface area contributed by atoms with E-state index in [-0.39, 0.29) is 36.3 Å². The summed E-state index contributed by atoms with van der Waals surface area (Å²) in [5, 5.41) is 21.6. The number of hydrogen-bond donors (Lipinski definition) is 5. The molecule has 0 aliphatic carbocycles. The second kappa shape index (κ2) is 10.6. The topological polar surface area (TPSA) is 146 Å². The van der Waals surface area contributed by atoms with E-state index >= 15 is 0 Å². The van der Waals surface area contributed by atoms with Crippen LogP contribution >= 0.6 is 11.8 Å². The number of carbonyl (C=O) groups excluding carboxylic acids is 3. The highest BCUT2D eigenvalue weighted by Gasteiger charge is 2.44. The maximum Gasteiger partial charge on any atom is 0.335 e. The summed E-state index contributed by atoms with van der Waals surface area (Å²) in [7, 11) is 1.57. The van der Waals surface area contributed by atoms with Gasteiger partial charge in [0.2, 0.25) is 11.8 Å². The number of thioether (sulfide) groups is 1. The number of rotatable bonds is 8. The van der Waals surface area contributed by atoms with Crippen molar-refractivity contribution >= 4 is 35.5 Å². The number of carboxylic acids is 1. The Morgan fingerprint density at radius 3 is 2.60 bits per heavy atom. The summed E-state index contributed by atoms with van der Waals surface area (Å²) in [6, 6.07) is 13.3. The van der Waals surface area contributed by atoms with Crippen molar-refractivity contribution in [3.63, 3.8) is 0 Å². The zero-order chi connectivity index (χ0) is 24.9. The highest BCUT2D eigenvalue weighted by Crippen LogP contribution is 2.35. The van der Waals surface area contributed by atoms with Crippen molar-refractivity contribution in [2.24, 2.45) is 5.92 Å². The minimum absolute atomic E-state index is 0.0314. The molecule has 10 nitrogen and oxygen atoms in total. The normalized spacial score (nSPS) is 20.8. The van der Waals surface area contributed by atoms with E-state index in [9.17, 15) is 19.2 Å². The second-order valence-corrected chi connectivity index (χ2v) is 9.03. The van der Waals surface area contributed by atoms with Gasteiger partial charge >= 0.3 is 5.97 Å². The van der Waals surface area contributed by atoms with E-state index in [0.717, 1.165) is 5.56 Å². The second-order valence-electron chi connectivity index (χ2n) is 8.01. The fourth-order valence-corrected chi connectivity index (χ4v) is 4.93. The first-order valence-corrected chi connectivity index (χ1v) is 11.7. The molecule has 2 aliphatic heterocycles. The molecule has 3 amide bonds. The van der Waals surface area contributed by atoms with Crippen LogP contribution in [0.5, 0.6) is 5.75 Å². The Balaban J connectivity index is 1.29. The average Bonchev–Trinajstić information content (AvgIpc) is 3.25. The van der Waals surface area contributed by atoms with E-state index in [0.29, 0.717) is 17.0 Å². The zero-order valence-corrected chi connectivity index (χ0v) is 19.6. The lowest BCUT2D eigenvalue weighted by Gasteiger charge is -2.33. The molecule has 2 heterocycles. The van der Waals surface area contributed by atoms with Crippen LogP contribution in [0, 0.1) is 5.92 Å². The van der Waals surface area contributed by atoms with E-state index in [1.807, 2.05) is 24.3 Å². The molecule has 2 aromatic carbocycles. The molecule has 11 heteroatoms. The van der Waals surface area contributed by atoms with Crippen LogP contribution in [0.3, 0.4) is 0 Å². The highest BCUT2D eigenvalue weighted by molar-refractivity contribution is 8.03. The van der Waals surface area contributed by atoms with Crippen LogP contribution in [0.2, 0.25) is 0 Å². The fourth-order valence-electron chi connectivity index (χ4n) is 3.79. The number of hydrogen-bond acceptors (Lipinski definition) is 7. The van der Waals surface area contributed by atoms with Crippen molar-refractivity contribution in [3.05, 3.63) is 76.3 Å². The number of aromatic carboxylic acids is 1. The lowest BCUT2D eigenvalue weighted by Crippen LogP contribution is -2.65. The standard InChI is InChI=1S/C24H24N4O6S/c1-34-16-4-2-3-14(9-16)11-25-22(31)20-27-21(30)19-17(12-35-23(19)28-20)26-18(29)10-13-5-7-15(8-6-13)24(32)33/h2-9,12,19-20,23,28H,10-11H2,1H3,(H,25,31)(H,26,29)(H,27,30)(H,32,33). The Morgan fingerprint density at radius 2 is 1.89 bits per heavy atom. The molecule has 2 aromatic rings. The van der Waals surface area contributed by atoms with Crippen molar-refractivity contribution in [2.75, 3.05) is 7.11 Å². The van der Waals surface area contributed by atoms with Crippen molar-refractivity contribution in [1.29, 1.82) is 0 Å². The number of carbonyl (C=O) groups is 4. The van der Waals surface area contributed by atoms with Crippen molar-refractivity contribution < 1.29 is 29.0 Å². The smallest absolute Gasteiger partial charge is 0.335 e. The molecule has 3 atom stereocenters. The molecule has 5 N–H and O–H groups in total. The third-order valence-corrected chi connectivity index (χ3v) is 6.68. The minimum atomic E-state index is -1.04. The summed E-state index contributed by atoms with van der Waals surface area (Å²) in [6.07, 6.45) is -0.873. The average molecular weight is 497 g/mol. The number of carboxylic acid groups (broad SMARTS) is 1. The maximum atomic E-state index is 12.8. The van der Waals surface area contributed by atoms with Gasteiger partial charge in [0, 0.05) is 12.2 Å². The van der Waals surface area contributed by atoms with Crippen molar-refractivity contribution in [2.45, 2.75) is 24.5 Å². The van der Waals surface area contributed by atoms with Crippen LogP contribution in [-0.4, -0.2) is 47.4 Å².